The summed E-state index contributed by atoms with van der Waals surface area (Å²) in [6, 6.07) is 16.8. The van der Waals surface area contributed by atoms with Crippen LogP contribution in [-0.4, -0.2) is 16.9 Å². The van der Waals surface area contributed by atoms with Crippen molar-refractivity contribution in [2.24, 2.45) is 0 Å². The van der Waals surface area contributed by atoms with Crippen molar-refractivity contribution < 1.29 is 14.0 Å². The highest BCUT2D eigenvalue weighted by molar-refractivity contribution is 7.81. The molecule has 1 saturated heterocycles. The molecule has 0 atom stereocenters. The van der Waals surface area contributed by atoms with Gasteiger partial charge in [0.05, 0.1) is 11.4 Å². The minimum absolute atomic E-state index is 0.0156. The smallest absolute Gasteiger partial charge is 0.268 e. The van der Waals surface area contributed by atoms with Crippen molar-refractivity contribution in [1.82, 2.24) is 0 Å². The van der Waals surface area contributed by atoms with Crippen LogP contribution in [0.2, 0.25) is 0 Å². The van der Waals surface area contributed by atoms with Crippen molar-refractivity contribution >= 4 is 69.3 Å². The molecule has 3 heterocycles. The van der Waals surface area contributed by atoms with E-state index in [1.54, 1.807) is 23.5 Å². The molecule has 168 valence electrons. The number of thiocarbonyl (C=S) groups is 1. The van der Waals surface area contributed by atoms with Gasteiger partial charge in [0.25, 0.3) is 11.8 Å². The number of hydrogen-bond donors (Lipinski definition) is 0. The summed E-state index contributed by atoms with van der Waals surface area (Å²) in [7, 11) is 0. The lowest BCUT2D eigenvalue weighted by Crippen LogP contribution is -2.56. The van der Waals surface area contributed by atoms with Gasteiger partial charge in [-0.25, -0.2) is 4.39 Å². The first-order chi connectivity index (χ1) is 16.4. The minimum atomic E-state index is -0.545. The van der Waals surface area contributed by atoms with Gasteiger partial charge in [0.15, 0.2) is 5.11 Å². The molecule has 0 aliphatic carbocycles. The number of benzene rings is 2. The molecule has 2 aromatic heterocycles. The van der Waals surface area contributed by atoms with E-state index < -0.39 is 17.6 Å². The Hall–Kier alpha value is -3.46. The largest absolute Gasteiger partial charge is 0.270 e. The van der Waals surface area contributed by atoms with Crippen molar-refractivity contribution in [3.8, 4) is 11.1 Å². The number of carbonyl (C=O) groups is 2. The molecule has 0 bridgehead atoms. The standard InChI is InChI=1S/C26H17FN2O2S3/c1-16-3-2-4-21(11-16)29-25(31)23(13-22-12-18(15-34-22)17-9-10-33-14-17)24(30)28(26(29)32)20-7-5-19(27)6-8-20/h2-15H,1H3/b23-13-. The predicted molar refractivity (Wildman–Crippen MR) is 141 cm³/mol. The van der Waals surface area contributed by atoms with Crippen molar-refractivity contribution in [1.29, 1.82) is 0 Å². The number of rotatable bonds is 4. The number of carbonyl (C=O) groups excluding carboxylic acids is 2. The number of anilines is 2. The van der Waals surface area contributed by atoms with E-state index in [0.717, 1.165) is 21.6 Å². The molecule has 4 nitrogen and oxygen atoms in total. The summed E-state index contributed by atoms with van der Waals surface area (Å²) >= 11 is 8.67. The van der Waals surface area contributed by atoms with Crippen LogP contribution in [0.3, 0.4) is 0 Å². The van der Waals surface area contributed by atoms with Crippen molar-refractivity contribution in [3.63, 3.8) is 0 Å². The van der Waals surface area contributed by atoms with Gasteiger partial charge in [-0.15, -0.1) is 11.3 Å². The molecule has 5 rings (SSSR count). The minimum Gasteiger partial charge on any atom is -0.268 e. The Kier molecular flexibility index (Phi) is 5.95. The van der Waals surface area contributed by atoms with Crippen LogP contribution in [0.1, 0.15) is 10.4 Å². The van der Waals surface area contributed by atoms with Crippen molar-refractivity contribution in [2.45, 2.75) is 6.92 Å². The zero-order valence-corrected chi connectivity index (χ0v) is 20.3. The van der Waals surface area contributed by atoms with E-state index in [0.29, 0.717) is 11.4 Å². The van der Waals surface area contributed by atoms with Crippen LogP contribution < -0.4 is 9.80 Å². The Morgan fingerprint density at radius 2 is 1.62 bits per heavy atom. The summed E-state index contributed by atoms with van der Waals surface area (Å²) in [6.45, 7) is 1.91. The lowest BCUT2D eigenvalue weighted by Gasteiger charge is -2.36. The summed E-state index contributed by atoms with van der Waals surface area (Å²) < 4.78 is 13.6. The normalized spacial score (nSPS) is 15.5. The zero-order valence-electron chi connectivity index (χ0n) is 17.9. The number of halogens is 1. The topological polar surface area (TPSA) is 40.6 Å². The molecule has 0 spiro atoms. The van der Waals surface area contributed by atoms with Gasteiger partial charge in [-0.2, -0.15) is 11.3 Å². The molecule has 1 aliphatic rings. The van der Waals surface area contributed by atoms with Crippen LogP contribution in [0.5, 0.6) is 0 Å². The fourth-order valence-corrected chi connectivity index (χ4v) is 5.58. The quantitative estimate of drug-likeness (QED) is 0.177. The maximum atomic E-state index is 13.6. The highest BCUT2D eigenvalue weighted by atomic mass is 32.1. The highest BCUT2D eigenvalue weighted by Gasteiger charge is 2.41. The first-order valence-electron chi connectivity index (χ1n) is 10.3. The van der Waals surface area contributed by atoms with Crippen molar-refractivity contribution in [2.75, 3.05) is 9.80 Å². The Morgan fingerprint density at radius 1 is 0.882 bits per heavy atom. The number of aryl methyl sites for hydroxylation is 1. The fraction of sp³-hybridized carbons (Fsp3) is 0.0385. The van der Waals surface area contributed by atoms with Gasteiger partial charge >= 0.3 is 0 Å². The van der Waals surface area contributed by atoms with Crippen LogP contribution in [0.25, 0.3) is 17.2 Å². The Morgan fingerprint density at radius 3 is 2.29 bits per heavy atom. The van der Waals surface area contributed by atoms with E-state index in [2.05, 4.69) is 0 Å². The lowest BCUT2D eigenvalue weighted by molar-refractivity contribution is -0.120. The number of nitrogens with zero attached hydrogens (tertiary/aromatic N) is 2. The molecule has 4 aromatic rings. The molecule has 0 N–H and O–H groups in total. The first-order valence-corrected chi connectivity index (χ1v) is 12.5. The highest BCUT2D eigenvalue weighted by Crippen LogP contribution is 2.33. The van der Waals surface area contributed by atoms with Crippen LogP contribution in [0, 0.1) is 12.7 Å². The Bertz CT molecular complexity index is 1440. The van der Waals surface area contributed by atoms with E-state index in [9.17, 15) is 14.0 Å². The number of hydrogen-bond acceptors (Lipinski definition) is 5. The van der Waals surface area contributed by atoms with E-state index in [4.69, 9.17) is 12.2 Å². The van der Waals surface area contributed by atoms with Crippen LogP contribution >= 0.6 is 34.9 Å². The third kappa shape index (κ3) is 4.11. The molecule has 34 heavy (non-hydrogen) atoms. The number of thiophene rings is 2. The SMILES string of the molecule is Cc1cccc(N2C(=O)/C(=C\c3cc(-c4ccsc4)cs3)C(=O)N(c3ccc(F)cc3)C2=S)c1. The van der Waals surface area contributed by atoms with Crippen LogP contribution in [0.15, 0.2) is 82.4 Å². The Balaban J connectivity index is 1.62. The monoisotopic (exact) mass is 504 g/mol. The van der Waals surface area contributed by atoms with E-state index in [1.165, 1.54) is 45.4 Å². The van der Waals surface area contributed by atoms with Gasteiger partial charge in [0, 0.05) is 4.88 Å². The third-order valence-corrected chi connectivity index (χ3v) is 7.28. The van der Waals surface area contributed by atoms with Gasteiger partial charge in [-0.05, 0) is 107 Å². The summed E-state index contributed by atoms with van der Waals surface area (Å²) in [4.78, 5) is 30.5. The average molecular weight is 505 g/mol. The molecule has 1 aliphatic heterocycles. The second-order valence-electron chi connectivity index (χ2n) is 7.69. The molecule has 2 aromatic carbocycles. The molecule has 0 radical (unpaired) electrons. The zero-order chi connectivity index (χ0) is 23.8. The average Bonchev–Trinajstić information content (AvgIpc) is 3.50. The summed E-state index contributed by atoms with van der Waals surface area (Å²) in [5.41, 5.74) is 3.99. The summed E-state index contributed by atoms with van der Waals surface area (Å²) in [5.74, 6) is -1.47. The maximum absolute atomic E-state index is 13.6. The van der Waals surface area contributed by atoms with Gasteiger partial charge in [0.2, 0.25) is 0 Å². The predicted octanol–water partition coefficient (Wildman–Crippen LogP) is 6.67. The fourth-order valence-electron chi connectivity index (χ4n) is 3.69. The molecular weight excluding hydrogens is 487 g/mol. The molecular formula is C26H17FN2O2S3. The molecule has 0 unspecified atom stereocenters. The van der Waals surface area contributed by atoms with Crippen molar-refractivity contribution in [3.05, 3.63) is 98.6 Å². The van der Waals surface area contributed by atoms with Crippen LogP contribution in [-0.2, 0) is 9.59 Å². The number of amides is 2. The summed E-state index contributed by atoms with van der Waals surface area (Å²) in [6.07, 6.45) is 1.60. The second-order valence-corrected chi connectivity index (χ2v) is 9.77. The Labute approximate surface area is 209 Å². The van der Waals surface area contributed by atoms with E-state index in [1.807, 2.05) is 53.4 Å². The molecule has 1 fully saturated rings. The maximum Gasteiger partial charge on any atom is 0.270 e. The molecule has 8 heteroatoms. The first kappa shape index (κ1) is 22.3. The van der Waals surface area contributed by atoms with Gasteiger partial charge < -0.3 is 0 Å². The molecule has 2 amide bonds. The van der Waals surface area contributed by atoms with Crippen LogP contribution in [0.4, 0.5) is 15.8 Å². The molecule has 0 saturated carbocycles. The van der Waals surface area contributed by atoms with E-state index in [-0.39, 0.29) is 10.7 Å². The van der Waals surface area contributed by atoms with Gasteiger partial charge in [0.1, 0.15) is 11.4 Å². The van der Waals surface area contributed by atoms with Gasteiger partial charge in [-0.1, -0.05) is 12.1 Å². The summed E-state index contributed by atoms with van der Waals surface area (Å²) in [5, 5.41) is 6.06. The van der Waals surface area contributed by atoms with E-state index >= 15 is 0 Å². The lowest BCUT2D eigenvalue weighted by atomic mass is 10.1. The second kappa shape index (κ2) is 9.06. The van der Waals surface area contributed by atoms with Gasteiger partial charge in [-0.3, -0.25) is 19.4 Å². The third-order valence-electron chi connectivity index (χ3n) is 5.36.